The Labute approximate surface area is 160 Å². The molecule has 0 saturated carbocycles. The van der Waals surface area contributed by atoms with E-state index in [0.717, 1.165) is 17.7 Å². The second-order valence-electron chi connectivity index (χ2n) is 6.28. The van der Waals surface area contributed by atoms with Crippen LogP contribution in [0.1, 0.15) is 21.5 Å². The summed E-state index contributed by atoms with van der Waals surface area (Å²) < 4.78 is 37.8. The average Bonchev–Trinajstić information content (AvgIpc) is 2.68. The van der Waals surface area contributed by atoms with Crippen molar-refractivity contribution in [1.82, 2.24) is 9.88 Å². The molecule has 3 aromatic rings. The smallest absolute Gasteiger partial charge is 0.340 e. The first-order chi connectivity index (χ1) is 13.3. The van der Waals surface area contributed by atoms with E-state index < -0.39 is 11.7 Å². The van der Waals surface area contributed by atoms with Crippen LogP contribution in [-0.2, 0) is 12.7 Å². The lowest BCUT2D eigenvalue weighted by atomic mass is 10.2. The Balaban J connectivity index is 1.63. The molecule has 144 valence electrons. The molecule has 1 aromatic heterocycles. The molecule has 0 aliphatic carbocycles. The van der Waals surface area contributed by atoms with Gasteiger partial charge in [-0.1, -0.05) is 30.3 Å². The third-order valence-electron chi connectivity index (χ3n) is 4.10. The van der Waals surface area contributed by atoms with Crippen LogP contribution in [0.3, 0.4) is 0 Å². The fourth-order valence-electron chi connectivity index (χ4n) is 2.63. The molecule has 0 radical (unpaired) electrons. The molecule has 0 saturated heterocycles. The van der Waals surface area contributed by atoms with Crippen LogP contribution >= 0.6 is 0 Å². The predicted molar refractivity (Wildman–Crippen MR) is 101 cm³/mol. The molecule has 4 nitrogen and oxygen atoms in total. The number of carbonyl (C=O) groups excluding carboxylic acids is 1. The number of amides is 1. The van der Waals surface area contributed by atoms with E-state index in [9.17, 15) is 18.0 Å². The number of halogens is 3. The Morgan fingerprint density at radius 1 is 1.00 bits per heavy atom. The normalized spacial score (nSPS) is 11.1. The Kier molecular flexibility index (Phi) is 5.63. The summed E-state index contributed by atoms with van der Waals surface area (Å²) in [6.45, 7) is 0.477. The number of alkyl halides is 3. The second kappa shape index (κ2) is 8.12. The van der Waals surface area contributed by atoms with E-state index in [-0.39, 0.29) is 5.91 Å². The van der Waals surface area contributed by atoms with Crippen LogP contribution in [0.15, 0.2) is 72.9 Å². The van der Waals surface area contributed by atoms with Crippen molar-refractivity contribution in [2.24, 2.45) is 0 Å². The maximum absolute atomic E-state index is 12.6. The number of rotatable bonds is 5. The van der Waals surface area contributed by atoms with Crippen LogP contribution in [0, 0.1) is 0 Å². The highest BCUT2D eigenvalue weighted by atomic mass is 19.4. The van der Waals surface area contributed by atoms with Crippen molar-refractivity contribution in [2.45, 2.75) is 12.7 Å². The molecule has 2 aromatic carbocycles. The molecule has 1 N–H and O–H groups in total. The number of hydrogen-bond acceptors (Lipinski definition) is 3. The molecule has 7 heteroatoms. The van der Waals surface area contributed by atoms with Crippen LogP contribution in [0.25, 0.3) is 0 Å². The predicted octanol–water partition coefficient (Wildman–Crippen LogP) is 5.12. The number of benzene rings is 2. The molecule has 0 aliphatic rings. The van der Waals surface area contributed by atoms with Crippen molar-refractivity contribution < 1.29 is 18.0 Å². The van der Waals surface area contributed by atoms with E-state index in [1.54, 1.807) is 24.1 Å². The minimum Gasteiger partial charge on any atom is -0.340 e. The first-order valence-corrected chi connectivity index (χ1v) is 8.52. The molecule has 0 bridgehead atoms. The van der Waals surface area contributed by atoms with Crippen LogP contribution in [0.5, 0.6) is 0 Å². The van der Waals surface area contributed by atoms with E-state index in [1.807, 2.05) is 30.3 Å². The van der Waals surface area contributed by atoms with Crippen LogP contribution in [0.2, 0.25) is 0 Å². The molecule has 3 rings (SSSR count). The Morgan fingerprint density at radius 2 is 1.68 bits per heavy atom. The highest BCUT2D eigenvalue weighted by molar-refractivity contribution is 5.93. The Morgan fingerprint density at radius 3 is 2.25 bits per heavy atom. The van der Waals surface area contributed by atoms with Crippen LogP contribution < -0.4 is 5.32 Å². The van der Waals surface area contributed by atoms with Gasteiger partial charge < -0.3 is 10.2 Å². The third-order valence-corrected chi connectivity index (χ3v) is 4.10. The minimum absolute atomic E-state index is 0.169. The quantitative estimate of drug-likeness (QED) is 0.663. The first-order valence-electron chi connectivity index (χ1n) is 8.52. The lowest BCUT2D eigenvalue weighted by Gasteiger charge is -2.17. The zero-order valence-electron chi connectivity index (χ0n) is 15.1. The summed E-state index contributed by atoms with van der Waals surface area (Å²) >= 11 is 0. The van der Waals surface area contributed by atoms with E-state index in [2.05, 4.69) is 10.3 Å². The van der Waals surface area contributed by atoms with Gasteiger partial charge in [0, 0.05) is 25.5 Å². The molecule has 1 amide bonds. The van der Waals surface area contributed by atoms with Gasteiger partial charge in [0.1, 0.15) is 5.82 Å². The van der Waals surface area contributed by atoms with Gasteiger partial charge in [0.15, 0.2) is 0 Å². The van der Waals surface area contributed by atoms with Gasteiger partial charge in [-0.25, -0.2) is 4.98 Å². The summed E-state index contributed by atoms with van der Waals surface area (Å²) in [6, 6.07) is 17.5. The highest BCUT2D eigenvalue weighted by Crippen LogP contribution is 2.30. The molecule has 1 heterocycles. The second-order valence-corrected chi connectivity index (χ2v) is 6.28. The van der Waals surface area contributed by atoms with Crippen molar-refractivity contribution >= 4 is 17.4 Å². The molecule has 0 fully saturated rings. The van der Waals surface area contributed by atoms with Crippen molar-refractivity contribution in [2.75, 3.05) is 12.4 Å². The maximum Gasteiger partial charge on any atom is 0.416 e. The van der Waals surface area contributed by atoms with Gasteiger partial charge in [-0.3, -0.25) is 4.79 Å². The van der Waals surface area contributed by atoms with Crippen molar-refractivity contribution in [3.05, 3.63) is 89.6 Å². The molecule has 28 heavy (non-hydrogen) atoms. The molecule has 0 aliphatic heterocycles. The fraction of sp³-hybridized carbons (Fsp3) is 0.143. The largest absolute Gasteiger partial charge is 0.416 e. The summed E-state index contributed by atoms with van der Waals surface area (Å²) in [5.74, 6) is 0.263. The standard InChI is InChI=1S/C21H18F3N3O/c1-27(14-15-5-3-2-4-6-15)20(28)16-7-12-19(25-13-16)26-18-10-8-17(9-11-18)21(22,23)24/h2-13H,14H2,1H3,(H,25,26). The minimum atomic E-state index is -4.37. The SMILES string of the molecule is CN(Cc1ccccc1)C(=O)c1ccc(Nc2ccc(C(F)(F)F)cc2)nc1. The Bertz CT molecular complexity index is 924. The van der Waals surface area contributed by atoms with Gasteiger partial charge in [0.05, 0.1) is 11.1 Å². The number of hydrogen-bond donors (Lipinski definition) is 1. The third kappa shape index (κ3) is 4.88. The lowest BCUT2D eigenvalue weighted by molar-refractivity contribution is -0.137. The summed E-state index contributed by atoms with van der Waals surface area (Å²) in [5, 5.41) is 2.91. The number of anilines is 2. The molecular formula is C21H18F3N3O. The van der Waals surface area contributed by atoms with Gasteiger partial charge >= 0.3 is 6.18 Å². The zero-order chi connectivity index (χ0) is 20.1. The van der Waals surface area contributed by atoms with Gasteiger partial charge in [-0.15, -0.1) is 0 Å². The first kappa shape index (κ1) is 19.4. The van der Waals surface area contributed by atoms with E-state index in [4.69, 9.17) is 0 Å². The highest BCUT2D eigenvalue weighted by Gasteiger charge is 2.29. The van der Waals surface area contributed by atoms with Crippen molar-refractivity contribution in [3.63, 3.8) is 0 Å². The maximum atomic E-state index is 12.6. The molecule has 0 atom stereocenters. The molecule has 0 unspecified atom stereocenters. The summed E-state index contributed by atoms with van der Waals surface area (Å²) in [4.78, 5) is 18.3. The number of pyridine rings is 1. The zero-order valence-corrected chi connectivity index (χ0v) is 15.1. The number of nitrogens with one attached hydrogen (secondary N) is 1. The average molecular weight is 385 g/mol. The van der Waals surface area contributed by atoms with Crippen LogP contribution in [-0.4, -0.2) is 22.8 Å². The van der Waals surface area contributed by atoms with E-state index >= 15 is 0 Å². The lowest BCUT2D eigenvalue weighted by Crippen LogP contribution is -2.26. The summed E-state index contributed by atoms with van der Waals surface area (Å²) in [6.07, 6.45) is -2.93. The van der Waals surface area contributed by atoms with Crippen LogP contribution in [0.4, 0.5) is 24.7 Å². The van der Waals surface area contributed by atoms with Gasteiger partial charge in [-0.05, 0) is 42.0 Å². The van der Waals surface area contributed by atoms with Crippen molar-refractivity contribution in [1.29, 1.82) is 0 Å². The Hall–Kier alpha value is -3.35. The topological polar surface area (TPSA) is 45.2 Å². The number of carbonyl (C=O) groups is 1. The molecular weight excluding hydrogens is 367 g/mol. The monoisotopic (exact) mass is 385 g/mol. The van der Waals surface area contributed by atoms with Gasteiger partial charge in [0.2, 0.25) is 0 Å². The number of nitrogens with zero attached hydrogens (tertiary/aromatic N) is 2. The fourth-order valence-corrected chi connectivity index (χ4v) is 2.63. The van der Waals surface area contributed by atoms with Crippen molar-refractivity contribution in [3.8, 4) is 0 Å². The molecule has 0 spiro atoms. The van der Waals surface area contributed by atoms with Gasteiger partial charge in [-0.2, -0.15) is 13.2 Å². The summed E-state index contributed by atoms with van der Waals surface area (Å²) in [7, 11) is 1.71. The summed E-state index contributed by atoms with van der Waals surface area (Å²) in [5.41, 5.74) is 1.21. The van der Waals surface area contributed by atoms with E-state index in [0.29, 0.717) is 23.6 Å². The number of aromatic nitrogens is 1. The van der Waals surface area contributed by atoms with Gasteiger partial charge in [0.25, 0.3) is 5.91 Å². The van der Waals surface area contributed by atoms with E-state index in [1.165, 1.54) is 18.3 Å².